The molecule has 14 heavy (non-hydrogen) atoms. The molecule has 71 valence electrons. The number of carbonyl (C=O) groups is 1. The number of methoxy groups -OCH3 is 1. The van der Waals surface area contributed by atoms with E-state index in [9.17, 15) is 4.79 Å². The maximum Gasteiger partial charge on any atom is 0.361 e. The number of carbonyl (C=O) groups excluding carboxylic acids is 1. The number of hydrogen-bond donors (Lipinski definition) is 0. The van der Waals surface area contributed by atoms with Crippen LogP contribution in [0.1, 0.15) is 5.56 Å². The lowest BCUT2D eigenvalue weighted by molar-refractivity contribution is -0.132. The van der Waals surface area contributed by atoms with Gasteiger partial charge in [-0.05, 0) is 5.56 Å². The molecule has 1 aromatic carbocycles. The second-order valence-electron chi connectivity index (χ2n) is 2.36. The second-order valence-corrected chi connectivity index (χ2v) is 2.36. The zero-order valence-corrected chi connectivity index (χ0v) is 7.68. The first-order valence-electron chi connectivity index (χ1n) is 3.95. The summed E-state index contributed by atoms with van der Waals surface area (Å²) < 4.78 is 4.28. The molecular weight excluding hydrogens is 180 g/mol. The van der Waals surface area contributed by atoms with Crippen molar-refractivity contribution in [3.05, 3.63) is 35.9 Å². The van der Waals surface area contributed by atoms with E-state index in [4.69, 9.17) is 0 Å². The molecule has 0 unspecified atom stereocenters. The third-order valence-corrected chi connectivity index (χ3v) is 1.39. The first-order chi connectivity index (χ1) is 6.83. The van der Waals surface area contributed by atoms with Crippen LogP contribution < -0.4 is 0 Å². The van der Waals surface area contributed by atoms with E-state index < -0.39 is 5.97 Å². The summed E-state index contributed by atoms with van der Waals surface area (Å²) in [5.74, 6) is -0.643. The van der Waals surface area contributed by atoms with Crippen LogP contribution in [0.15, 0.2) is 40.5 Å². The number of ether oxygens (including phenoxy) is 1. The fourth-order valence-corrected chi connectivity index (χ4v) is 0.750. The maximum atomic E-state index is 10.5. The van der Waals surface area contributed by atoms with Crippen LogP contribution in [0, 0.1) is 0 Å². The molecule has 0 fully saturated rings. The van der Waals surface area contributed by atoms with E-state index in [2.05, 4.69) is 21.2 Å². The highest BCUT2D eigenvalue weighted by Crippen LogP contribution is 1.93. The van der Waals surface area contributed by atoms with Gasteiger partial charge in [0.25, 0.3) is 0 Å². The Kier molecular flexibility index (Phi) is 4.07. The summed E-state index contributed by atoms with van der Waals surface area (Å²) in [5.41, 5.74) is 0.905. The fraction of sp³-hybridized carbons (Fsp3) is 0.100. The molecule has 0 atom stereocenters. The van der Waals surface area contributed by atoms with Crippen molar-refractivity contribution in [2.45, 2.75) is 0 Å². The molecule has 1 rings (SSSR count). The topological polar surface area (TPSA) is 51.0 Å². The van der Waals surface area contributed by atoms with Gasteiger partial charge in [0.05, 0.1) is 13.3 Å². The molecule has 0 N–H and O–H groups in total. The van der Waals surface area contributed by atoms with E-state index in [0.29, 0.717) is 0 Å². The molecule has 0 aliphatic carbocycles. The predicted molar refractivity (Wildman–Crippen MR) is 53.5 cm³/mol. The van der Waals surface area contributed by atoms with Gasteiger partial charge in [0.2, 0.25) is 6.21 Å². The highest BCUT2D eigenvalue weighted by atomic mass is 16.5. The van der Waals surface area contributed by atoms with Gasteiger partial charge in [0.15, 0.2) is 0 Å². The Labute approximate surface area is 81.9 Å². The maximum absolute atomic E-state index is 10.5. The van der Waals surface area contributed by atoms with Crippen molar-refractivity contribution >= 4 is 18.4 Å². The highest BCUT2D eigenvalue weighted by molar-refractivity contribution is 6.23. The Morgan fingerprint density at radius 2 is 2.14 bits per heavy atom. The SMILES string of the molecule is COC(=O)[C]=NN=Cc1ccccc1. The Bertz CT molecular complexity index is 344. The van der Waals surface area contributed by atoms with Crippen LogP contribution in [0.3, 0.4) is 0 Å². The smallest absolute Gasteiger partial charge is 0.361 e. The normalized spacial score (nSPS) is 10.9. The first kappa shape index (κ1) is 10.1. The van der Waals surface area contributed by atoms with Gasteiger partial charge in [-0.15, -0.1) is 5.10 Å². The van der Waals surface area contributed by atoms with Crippen molar-refractivity contribution < 1.29 is 9.53 Å². The van der Waals surface area contributed by atoms with Gasteiger partial charge in [-0.2, -0.15) is 5.10 Å². The molecular formula is C10H9N2O2. The summed E-state index contributed by atoms with van der Waals surface area (Å²) in [7, 11) is 1.26. The van der Waals surface area contributed by atoms with Gasteiger partial charge < -0.3 is 4.74 Å². The summed E-state index contributed by atoms with van der Waals surface area (Å²) in [4.78, 5) is 10.5. The number of esters is 1. The minimum absolute atomic E-state index is 0.643. The molecule has 1 aromatic rings. The monoisotopic (exact) mass is 189 g/mol. The summed E-state index contributed by atoms with van der Waals surface area (Å²) in [6, 6.07) is 9.42. The standard InChI is InChI=1S/C10H9N2O2/c1-14-10(13)8-12-11-7-9-5-3-2-4-6-9/h2-7H,1H3. The third kappa shape index (κ3) is 3.62. The van der Waals surface area contributed by atoms with Crippen molar-refractivity contribution in [3.8, 4) is 0 Å². The summed E-state index contributed by atoms with van der Waals surface area (Å²) in [6.45, 7) is 0. The Morgan fingerprint density at radius 1 is 1.43 bits per heavy atom. The quantitative estimate of drug-likeness (QED) is 0.406. The van der Waals surface area contributed by atoms with Gasteiger partial charge in [0, 0.05) is 0 Å². The van der Waals surface area contributed by atoms with Crippen molar-refractivity contribution in [1.82, 2.24) is 0 Å². The predicted octanol–water partition coefficient (Wildman–Crippen LogP) is 1.14. The minimum atomic E-state index is -0.643. The lowest BCUT2D eigenvalue weighted by atomic mass is 10.2. The van der Waals surface area contributed by atoms with E-state index in [1.165, 1.54) is 13.3 Å². The molecule has 0 spiro atoms. The summed E-state index contributed by atoms with van der Waals surface area (Å²) >= 11 is 0. The number of benzene rings is 1. The Hall–Kier alpha value is -1.97. The molecule has 4 nitrogen and oxygen atoms in total. The van der Waals surface area contributed by atoms with Crippen LogP contribution in [0.2, 0.25) is 0 Å². The molecule has 0 aromatic heterocycles. The zero-order chi connectivity index (χ0) is 10.2. The molecule has 0 heterocycles. The van der Waals surface area contributed by atoms with E-state index in [1.54, 1.807) is 0 Å². The number of nitrogens with zero attached hydrogens (tertiary/aromatic N) is 2. The summed E-state index contributed by atoms with van der Waals surface area (Å²) in [5, 5.41) is 7.00. The van der Waals surface area contributed by atoms with Crippen LogP contribution >= 0.6 is 0 Å². The Morgan fingerprint density at radius 3 is 2.79 bits per heavy atom. The lowest BCUT2D eigenvalue weighted by Gasteiger charge is -1.87. The van der Waals surface area contributed by atoms with Crippen LogP contribution in [0.5, 0.6) is 0 Å². The second kappa shape index (κ2) is 5.64. The largest absolute Gasteiger partial charge is 0.464 e. The van der Waals surface area contributed by atoms with Gasteiger partial charge in [-0.1, -0.05) is 30.3 Å². The van der Waals surface area contributed by atoms with Crippen molar-refractivity contribution in [1.29, 1.82) is 0 Å². The van der Waals surface area contributed by atoms with Crippen molar-refractivity contribution in [3.63, 3.8) is 0 Å². The molecule has 0 aliphatic heterocycles. The highest BCUT2D eigenvalue weighted by Gasteiger charge is 1.91. The molecule has 0 aliphatic rings. The molecule has 0 bridgehead atoms. The van der Waals surface area contributed by atoms with Gasteiger partial charge in [0.1, 0.15) is 0 Å². The fourth-order valence-electron chi connectivity index (χ4n) is 0.750. The van der Waals surface area contributed by atoms with E-state index in [-0.39, 0.29) is 0 Å². The van der Waals surface area contributed by atoms with E-state index in [0.717, 1.165) is 5.56 Å². The van der Waals surface area contributed by atoms with E-state index >= 15 is 0 Å². The molecule has 0 amide bonds. The van der Waals surface area contributed by atoms with E-state index in [1.807, 2.05) is 30.3 Å². The lowest BCUT2D eigenvalue weighted by Crippen LogP contribution is -1.99. The summed E-state index contributed by atoms with van der Waals surface area (Å²) in [6.07, 6.45) is 3.59. The molecule has 0 saturated carbocycles. The first-order valence-corrected chi connectivity index (χ1v) is 3.95. The van der Waals surface area contributed by atoms with Crippen LogP contribution in [-0.4, -0.2) is 25.5 Å². The minimum Gasteiger partial charge on any atom is -0.464 e. The molecule has 1 radical (unpaired) electrons. The van der Waals surface area contributed by atoms with Gasteiger partial charge >= 0.3 is 5.97 Å². The van der Waals surface area contributed by atoms with Crippen LogP contribution in [0.25, 0.3) is 0 Å². The molecule has 0 saturated heterocycles. The van der Waals surface area contributed by atoms with Gasteiger partial charge in [-0.3, -0.25) is 0 Å². The number of hydrogen-bond acceptors (Lipinski definition) is 4. The molecule has 4 heteroatoms. The third-order valence-electron chi connectivity index (χ3n) is 1.39. The Balaban J connectivity index is 2.50. The number of rotatable bonds is 3. The average Bonchev–Trinajstić information content (AvgIpc) is 2.25. The van der Waals surface area contributed by atoms with Gasteiger partial charge in [-0.25, -0.2) is 4.79 Å². The van der Waals surface area contributed by atoms with Crippen molar-refractivity contribution in [2.24, 2.45) is 10.2 Å². The van der Waals surface area contributed by atoms with Crippen LogP contribution in [0.4, 0.5) is 0 Å². The van der Waals surface area contributed by atoms with Crippen LogP contribution in [-0.2, 0) is 9.53 Å². The average molecular weight is 189 g/mol. The zero-order valence-electron chi connectivity index (χ0n) is 7.68. The van der Waals surface area contributed by atoms with Crippen molar-refractivity contribution in [2.75, 3.05) is 7.11 Å².